The van der Waals surface area contributed by atoms with Crippen molar-refractivity contribution in [3.8, 4) is 5.75 Å². The Hall–Kier alpha value is -1.94. The van der Waals surface area contributed by atoms with Crippen molar-refractivity contribution in [3.05, 3.63) is 59.2 Å². The van der Waals surface area contributed by atoms with Crippen LogP contribution in [0.2, 0.25) is 0 Å². The van der Waals surface area contributed by atoms with E-state index >= 15 is 0 Å². The highest BCUT2D eigenvalue weighted by Gasteiger charge is 2.08. The van der Waals surface area contributed by atoms with E-state index in [2.05, 4.69) is 4.98 Å². The summed E-state index contributed by atoms with van der Waals surface area (Å²) in [6.45, 7) is 3.79. The maximum Gasteiger partial charge on any atom is 0.165 e. The molecular weight excluding hydrogens is 245 g/mol. The average Bonchev–Trinajstić information content (AvgIpc) is 2.37. The maximum absolute atomic E-state index is 13.7. The van der Waals surface area contributed by atoms with Crippen LogP contribution in [-0.4, -0.2) is 10.1 Å². The van der Waals surface area contributed by atoms with Crippen LogP contribution in [0.1, 0.15) is 29.7 Å². The fraction of sp³-hybridized carbons (Fsp3) is 0.267. The molecule has 1 aromatic heterocycles. The lowest BCUT2D eigenvalue weighted by molar-refractivity contribution is 0.198. The second kappa shape index (κ2) is 5.80. The van der Waals surface area contributed by atoms with Gasteiger partial charge in [-0.15, -0.1) is 0 Å². The highest BCUT2D eigenvalue weighted by atomic mass is 19.1. The molecule has 0 bridgehead atoms. The Morgan fingerprint density at radius 2 is 2.11 bits per heavy atom. The van der Waals surface area contributed by atoms with Crippen LogP contribution >= 0.6 is 0 Å². The highest BCUT2D eigenvalue weighted by molar-refractivity contribution is 5.30. The fourth-order valence-electron chi connectivity index (χ4n) is 1.75. The molecule has 2 rings (SSSR count). The average molecular weight is 261 g/mol. The number of aliphatic hydroxyl groups is 1. The number of hydrogen-bond donors (Lipinski definition) is 1. The molecule has 0 aliphatic rings. The Balaban J connectivity index is 2.07. The second-order valence-electron chi connectivity index (χ2n) is 4.53. The summed E-state index contributed by atoms with van der Waals surface area (Å²) in [7, 11) is 0. The minimum Gasteiger partial charge on any atom is -0.486 e. The van der Waals surface area contributed by atoms with Gasteiger partial charge in [0.1, 0.15) is 6.61 Å². The zero-order valence-electron chi connectivity index (χ0n) is 10.9. The number of rotatable bonds is 4. The third kappa shape index (κ3) is 3.51. The van der Waals surface area contributed by atoms with E-state index in [4.69, 9.17) is 4.74 Å². The zero-order chi connectivity index (χ0) is 13.8. The first kappa shape index (κ1) is 13.5. The van der Waals surface area contributed by atoms with Gasteiger partial charge in [0.05, 0.1) is 6.10 Å². The zero-order valence-corrected chi connectivity index (χ0v) is 10.9. The Kier molecular flexibility index (Phi) is 4.12. The lowest BCUT2D eigenvalue weighted by atomic mass is 10.1. The van der Waals surface area contributed by atoms with Crippen molar-refractivity contribution in [1.29, 1.82) is 0 Å². The molecule has 1 aromatic carbocycles. The molecule has 0 unspecified atom stereocenters. The van der Waals surface area contributed by atoms with Gasteiger partial charge in [0.25, 0.3) is 0 Å². The van der Waals surface area contributed by atoms with E-state index in [1.165, 1.54) is 12.1 Å². The highest BCUT2D eigenvalue weighted by Crippen LogP contribution is 2.22. The lowest BCUT2D eigenvalue weighted by Gasteiger charge is -2.10. The number of benzene rings is 1. The Bertz CT molecular complexity index is 570. The molecular formula is C15H16FNO2. The van der Waals surface area contributed by atoms with Crippen LogP contribution in [0.3, 0.4) is 0 Å². The summed E-state index contributed by atoms with van der Waals surface area (Å²) < 4.78 is 19.2. The number of nitrogens with zero attached hydrogens (tertiary/aromatic N) is 1. The summed E-state index contributed by atoms with van der Waals surface area (Å²) in [4.78, 5) is 4.05. The van der Waals surface area contributed by atoms with E-state index < -0.39 is 11.9 Å². The van der Waals surface area contributed by atoms with Gasteiger partial charge >= 0.3 is 0 Å². The van der Waals surface area contributed by atoms with Crippen molar-refractivity contribution < 1.29 is 14.2 Å². The van der Waals surface area contributed by atoms with Crippen molar-refractivity contribution in [2.24, 2.45) is 0 Å². The van der Waals surface area contributed by atoms with Crippen molar-refractivity contribution in [1.82, 2.24) is 4.98 Å². The third-order valence-electron chi connectivity index (χ3n) is 2.76. The van der Waals surface area contributed by atoms with E-state index in [-0.39, 0.29) is 12.4 Å². The molecule has 100 valence electrons. The number of aryl methyl sites for hydroxylation is 1. The van der Waals surface area contributed by atoms with Crippen LogP contribution in [-0.2, 0) is 6.61 Å². The molecule has 0 radical (unpaired) electrons. The Morgan fingerprint density at radius 3 is 2.74 bits per heavy atom. The summed E-state index contributed by atoms with van der Waals surface area (Å²) in [5.41, 5.74) is 2.45. The summed E-state index contributed by atoms with van der Waals surface area (Å²) in [5, 5.41) is 9.36. The van der Waals surface area contributed by atoms with Gasteiger partial charge in [-0.25, -0.2) is 4.39 Å². The Morgan fingerprint density at radius 1 is 1.32 bits per heavy atom. The van der Waals surface area contributed by atoms with Gasteiger partial charge in [-0.3, -0.25) is 4.98 Å². The number of ether oxygens (including phenoxy) is 1. The fourth-order valence-corrected chi connectivity index (χ4v) is 1.75. The standard InChI is InChI=1S/C15H16FNO2/c1-10-5-12(8-17-7-10)9-19-15-4-3-13(11(2)18)6-14(15)16/h3-8,11,18H,9H2,1-2H3/t11-/m1/s1. The maximum atomic E-state index is 13.7. The molecule has 0 saturated heterocycles. The number of pyridine rings is 1. The minimum absolute atomic E-state index is 0.172. The number of hydrogen-bond acceptors (Lipinski definition) is 3. The van der Waals surface area contributed by atoms with Gasteiger partial charge in [0.15, 0.2) is 11.6 Å². The monoisotopic (exact) mass is 261 g/mol. The van der Waals surface area contributed by atoms with Crippen LogP contribution in [0, 0.1) is 12.7 Å². The molecule has 1 N–H and O–H groups in total. The predicted molar refractivity (Wildman–Crippen MR) is 70.3 cm³/mol. The van der Waals surface area contributed by atoms with Crippen molar-refractivity contribution in [2.75, 3.05) is 0 Å². The van der Waals surface area contributed by atoms with Gasteiger partial charge in [0.2, 0.25) is 0 Å². The van der Waals surface area contributed by atoms with Crippen molar-refractivity contribution in [2.45, 2.75) is 26.6 Å². The largest absolute Gasteiger partial charge is 0.486 e. The molecule has 4 heteroatoms. The Labute approximate surface area is 111 Å². The van der Waals surface area contributed by atoms with Crippen LogP contribution in [0.15, 0.2) is 36.7 Å². The summed E-state index contributed by atoms with van der Waals surface area (Å²) >= 11 is 0. The SMILES string of the molecule is Cc1cncc(COc2ccc([C@@H](C)O)cc2F)c1. The summed E-state index contributed by atoms with van der Waals surface area (Å²) in [6, 6.07) is 6.40. The number of halogens is 1. The topological polar surface area (TPSA) is 42.4 Å². The van der Waals surface area contributed by atoms with Gasteiger partial charge in [-0.1, -0.05) is 6.07 Å². The van der Waals surface area contributed by atoms with Gasteiger partial charge in [-0.2, -0.15) is 0 Å². The molecule has 3 nitrogen and oxygen atoms in total. The van der Waals surface area contributed by atoms with Crippen LogP contribution in [0.4, 0.5) is 4.39 Å². The molecule has 0 fully saturated rings. The number of aliphatic hydroxyl groups excluding tert-OH is 1. The van der Waals surface area contributed by atoms with E-state index in [0.29, 0.717) is 5.56 Å². The third-order valence-corrected chi connectivity index (χ3v) is 2.76. The molecule has 0 saturated carbocycles. The quantitative estimate of drug-likeness (QED) is 0.919. The molecule has 1 atom stereocenters. The molecule has 0 amide bonds. The normalized spacial score (nSPS) is 12.2. The summed E-state index contributed by atoms with van der Waals surface area (Å²) in [5.74, 6) is -0.301. The summed E-state index contributed by atoms with van der Waals surface area (Å²) in [6.07, 6.45) is 2.75. The molecule has 0 aliphatic heterocycles. The van der Waals surface area contributed by atoms with E-state index in [0.717, 1.165) is 11.1 Å². The van der Waals surface area contributed by atoms with Crippen LogP contribution < -0.4 is 4.74 Å². The van der Waals surface area contributed by atoms with Crippen molar-refractivity contribution in [3.63, 3.8) is 0 Å². The van der Waals surface area contributed by atoms with Gasteiger partial charge in [-0.05, 0) is 43.2 Å². The predicted octanol–water partition coefficient (Wildman–Crippen LogP) is 3.16. The van der Waals surface area contributed by atoms with E-state index in [1.807, 2.05) is 13.0 Å². The minimum atomic E-state index is -0.690. The molecule has 1 heterocycles. The lowest BCUT2D eigenvalue weighted by Crippen LogP contribution is -2.00. The number of aromatic nitrogens is 1. The smallest absolute Gasteiger partial charge is 0.165 e. The van der Waals surface area contributed by atoms with Gasteiger partial charge in [0, 0.05) is 18.0 Å². The van der Waals surface area contributed by atoms with Crippen LogP contribution in [0.25, 0.3) is 0 Å². The molecule has 2 aromatic rings. The first-order valence-electron chi connectivity index (χ1n) is 6.07. The first-order chi connectivity index (χ1) is 9.06. The van der Waals surface area contributed by atoms with Crippen LogP contribution in [0.5, 0.6) is 5.75 Å². The molecule has 0 aliphatic carbocycles. The van der Waals surface area contributed by atoms with E-state index in [1.54, 1.807) is 25.4 Å². The van der Waals surface area contributed by atoms with Gasteiger partial charge < -0.3 is 9.84 Å². The second-order valence-corrected chi connectivity index (χ2v) is 4.53. The van der Waals surface area contributed by atoms with Crippen molar-refractivity contribution >= 4 is 0 Å². The van der Waals surface area contributed by atoms with E-state index in [9.17, 15) is 9.50 Å². The molecule has 19 heavy (non-hydrogen) atoms. The molecule has 0 spiro atoms. The first-order valence-corrected chi connectivity index (χ1v) is 6.07.